The van der Waals surface area contributed by atoms with Gasteiger partial charge in [-0.15, -0.1) is 0 Å². The van der Waals surface area contributed by atoms with Gasteiger partial charge in [0.05, 0.1) is 11.2 Å². The number of fused-ring (bicyclic) bond motifs is 10. The molecule has 6 aliphatic rings. The van der Waals surface area contributed by atoms with E-state index in [1.165, 1.54) is 6.42 Å². The van der Waals surface area contributed by atoms with Gasteiger partial charge in [0.1, 0.15) is 5.78 Å². The maximum Gasteiger partial charge on any atom is 0.135 e. The first kappa shape index (κ1) is 19.3. The van der Waals surface area contributed by atoms with Gasteiger partial charge in [0.25, 0.3) is 0 Å². The van der Waals surface area contributed by atoms with E-state index in [9.17, 15) is 15.0 Å². The van der Waals surface area contributed by atoms with Crippen molar-refractivity contribution in [1.29, 1.82) is 0 Å². The Kier molecular flexibility index (Phi) is 3.76. The number of carbonyl (C=O) groups is 1. The van der Waals surface area contributed by atoms with Crippen LogP contribution in [0.5, 0.6) is 0 Å². The summed E-state index contributed by atoms with van der Waals surface area (Å²) in [5.74, 6) is 4.09. The highest BCUT2D eigenvalue weighted by Gasteiger charge is 2.81. The van der Waals surface area contributed by atoms with Crippen LogP contribution in [0.3, 0.4) is 0 Å². The Balaban J connectivity index is 1.36. The van der Waals surface area contributed by atoms with Gasteiger partial charge in [-0.25, -0.2) is 0 Å². The number of rotatable bonds is 4. The maximum atomic E-state index is 12.3. The van der Waals surface area contributed by atoms with Gasteiger partial charge >= 0.3 is 0 Å². The lowest BCUT2D eigenvalue weighted by atomic mass is 9.42. The first-order valence-electron chi connectivity index (χ1n) is 12.2. The molecule has 0 amide bonds. The summed E-state index contributed by atoms with van der Waals surface area (Å²) >= 11 is 0. The molecular weight excluding hydrogens is 364 g/mol. The molecule has 0 aromatic rings. The minimum atomic E-state index is -0.766. The molecule has 0 saturated heterocycles. The normalized spacial score (nSPS) is 61.8. The predicted molar refractivity (Wildman–Crippen MR) is 109 cm³/mol. The molecule has 29 heavy (non-hydrogen) atoms. The second-order valence-corrected chi connectivity index (χ2v) is 12.3. The Morgan fingerprint density at radius 3 is 2.55 bits per heavy atom. The fraction of sp³-hybridized carbons (Fsp3) is 0.960. The molecule has 4 nitrogen and oxygen atoms in total. The standard InChI is InChI=1S/C25H38O4/c1-22-8-5-14(26)13-25(22,28)18-11-15(18)20-17(22)6-9-23(2)21(20)16-12-19(16)24(23,27)7-4-10-29-3/h15-21,27-28H,4-13H2,1-3H3/t15-,16+,17?,18+,19-,20?,21?,22+,23-,24-,25+/m0/s1. The van der Waals surface area contributed by atoms with E-state index >= 15 is 0 Å². The third-order valence-corrected chi connectivity index (χ3v) is 11.5. The molecule has 0 aliphatic heterocycles. The van der Waals surface area contributed by atoms with Crippen molar-refractivity contribution in [2.75, 3.05) is 13.7 Å². The highest BCUT2D eigenvalue weighted by Crippen LogP contribution is 2.81. The van der Waals surface area contributed by atoms with E-state index < -0.39 is 11.2 Å². The molecule has 6 saturated carbocycles. The lowest BCUT2D eigenvalue weighted by Crippen LogP contribution is -2.65. The molecule has 6 rings (SSSR count). The zero-order valence-corrected chi connectivity index (χ0v) is 18.3. The number of carbonyl (C=O) groups excluding carboxylic acids is 1. The van der Waals surface area contributed by atoms with Gasteiger partial charge in [-0.05, 0) is 91.8 Å². The molecule has 0 heterocycles. The van der Waals surface area contributed by atoms with Crippen molar-refractivity contribution >= 4 is 5.78 Å². The van der Waals surface area contributed by atoms with Crippen molar-refractivity contribution in [3.8, 4) is 0 Å². The molecule has 162 valence electrons. The van der Waals surface area contributed by atoms with Crippen molar-refractivity contribution in [2.24, 2.45) is 52.3 Å². The molecule has 4 heteroatoms. The molecule has 6 aliphatic carbocycles. The van der Waals surface area contributed by atoms with Gasteiger partial charge in [0.2, 0.25) is 0 Å². The second-order valence-electron chi connectivity index (χ2n) is 12.3. The van der Waals surface area contributed by atoms with E-state index in [0.29, 0.717) is 54.3 Å². The summed E-state index contributed by atoms with van der Waals surface area (Å²) in [6.45, 7) is 5.45. The zero-order chi connectivity index (χ0) is 20.4. The lowest BCUT2D eigenvalue weighted by molar-refractivity contribution is -0.223. The number of hydrogen-bond donors (Lipinski definition) is 2. The van der Waals surface area contributed by atoms with E-state index in [0.717, 1.165) is 45.1 Å². The third-order valence-electron chi connectivity index (χ3n) is 11.5. The van der Waals surface area contributed by atoms with Crippen LogP contribution in [-0.2, 0) is 9.53 Å². The molecule has 2 N–H and O–H groups in total. The maximum absolute atomic E-state index is 12.3. The highest BCUT2D eigenvalue weighted by atomic mass is 16.5. The van der Waals surface area contributed by atoms with E-state index in [1.807, 2.05) is 0 Å². The van der Waals surface area contributed by atoms with E-state index in [-0.39, 0.29) is 16.6 Å². The summed E-state index contributed by atoms with van der Waals surface area (Å²) in [5, 5.41) is 23.8. The molecular formula is C25H38O4. The van der Waals surface area contributed by atoms with Crippen molar-refractivity contribution in [2.45, 2.75) is 82.8 Å². The molecule has 11 atom stereocenters. The highest BCUT2D eigenvalue weighted by molar-refractivity contribution is 5.81. The smallest absolute Gasteiger partial charge is 0.135 e. The predicted octanol–water partition coefficient (Wildman–Crippen LogP) is 3.58. The van der Waals surface area contributed by atoms with E-state index in [4.69, 9.17) is 4.74 Å². The Bertz CT molecular complexity index is 751. The van der Waals surface area contributed by atoms with Gasteiger partial charge < -0.3 is 14.9 Å². The average Bonchev–Trinajstić information content (AvgIpc) is 3.56. The summed E-state index contributed by atoms with van der Waals surface area (Å²) in [4.78, 5) is 12.3. The number of hydrogen-bond acceptors (Lipinski definition) is 4. The van der Waals surface area contributed by atoms with Crippen LogP contribution in [0.25, 0.3) is 0 Å². The number of methoxy groups -OCH3 is 1. The van der Waals surface area contributed by atoms with E-state index in [2.05, 4.69) is 13.8 Å². The molecule has 0 aromatic heterocycles. The number of Topliss-reactive ketones (excluding diaryl/α,β-unsaturated/α-hetero) is 1. The monoisotopic (exact) mass is 402 g/mol. The summed E-state index contributed by atoms with van der Waals surface area (Å²) in [5.41, 5.74) is -1.41. The van der Waals surface area contributed by atoms with Gasteiger partial charge in [-0.1, -0.05) is 13.8 Å². The fourth-order valence-electron chi connectivity index (χ4n) is 10.1. The van der Waals surface area contributed by atoms with Crippen molar-refractivity contribution in [3.63, 3.8) is 0 Å². The van der Waals surface area contributed by atoms with Crippen LogP contribution in [-0.4, -0.2) is 40.9 Å². The van der Waals surface area contributed by atoms with Crippen molar-refractivity contribution in [3.05, 3.63) is 0 Å². The number of aliphatic hydroxyl groups is 2. The second kappa shape index (κ2) is 5.66. The Labute approximate surface area is 174 Å². The SMILES string of the molecule is COCCC[C@]1(O)[C@H]2C[C@H]2C2C3C(CC[C@@]21C)[C@@]1(C)CCC(=O)C[C@@]1(O)[C@@H]1C[C@H]31. The van der Waals surface area contributed by atoms with Crippen molar-refractivity contribution in [1.82, 2.24) is 0 Å². The van der Waals surface area contributed by atoms with Crippen LogP contribution in [0.1, 0.15) is 71.6 Å². The van der Waals surface area contributed by atoms with Crippen molar-refractivity contribution < 1.29 is 19.7 Å². The van der Waals surface area contributed by atoms with Crippen LogP contribution in [0, 0.1) is 52.3 Å². The summed E-state index contributed by atoms with van der Waals surface area (Å²) in [7, 11) is 1.75. The van der Waals surface area contributed by atoms with Gasteiger partial charge in [-0.2, -0.15) is 0 Å². The minimum Gasteiger partial charge on any atom is -0.389 e. The number of ether oxygens (including phenoxy) is 1. The fourth-order valence-corrected chi connectivity index (χ4v) is 10.1. The topological polar surface area (TPSA) is 66.8 Å². The van der Waals surface area contributed by atoms with Crippen LogP contribution in [0.15, 0.2) is 0 Å². The lowest BCUT2D eigenvalue weighted by Gasteiger charge is -2.64. The summed E-state index contributed by atoms with van der Waals surface area (Å²) < 4.78 is 5.30. The van der Waals surface area contributed by atoms with Crippen LogP contribution in [0.4, 0.5) is 0 Å². The summed E-state index contributed by atoms with van der Waals surface area (Å²) in [6.07, 6.45) is 8.21. The van der Waals surface area contributed by atoms with Gasteiger partial charge in [-0.3, -0.25) is 4.79 Å². The minimum absolute atomic E-state index is 0.0128. The van der Waals surface area contributed by atoms with Crippen LogP contribution in [0.2, 0.25) is 0 Å². The zero-order valence-electron chi connectivity index (χ0n) is 18.3. The Hall–Kier alpha value is -0.450. The Morgan fingerprint density at radius 2 is 1.79 bits per heavy atom. The first-order chi connectivity index (χ1) is 13.7. The molecule has 0 spiro atoms. The molecule has 6 fully saturated rings. The molecule has 0 bridgehead atoms. The largest absolute Gasteiger partial charge is 0.389 e. The average molecular weight is 403 g/mol. The van der Waals surface area contributed by atoms with Gasteiger partial charge in [0, 0.05) is 32.0 Å². The van der Waals surface area contributed by atoms with Crippen LogP contribution < -0.4 is 0 Å². The number of ketones is 1. The third kappa shape index (κ3) is 2.10. The van der Waals surface area contributed by atoms with Gasteiger partial charge in [0.15, 0.2) is 0 Å². The van der Waals surface area contributed by atoms with E-state index in [1.54, 1.807) is 7.11 Å². The Morgan fingerprint density at radius 1 is 1.03 bits per heavy atom. The quantitative estimate of drug-likeness (QED) is 0.706. The molecule has 3 unspecified atom stereocenters. The molecule has 0 radical (unpaired) electrons. The molecule has 0 aromatic carbocycles. The first-order valence-corrected chi connectivity index (χ1v) is 12.2. The summed E-state index contributed by atoms with van der Waals surface area (Å²) in [6, 6.07) is 0. The van der Waals surface area contributed by atoms with Crippen LogP contribution >= 0.6 is 0 Å².